The summed E-state index contributed by atoms with van der Waals surface area (Å²) >= 11 is 0. The van der Waals surface area contributed by atoms with Crippen molar-refractivity contribution in [1.82, 2.24) is 4.90 Å². The summed E-state index contributed by atoms with van der Waals surface area (Å²) in [6.45, 7) is 0.565. The first-order valence-corrected chi connectivity index (χ1v) is 7.13. The lowest BCUT2D eigenvalue weighted by atomic mass is 9.99. The van der Waals surface area contributed by atoms with Gasteiger partial charge in [0.15, 0.2) is 5.78 Å². The molecule has 6 nitrogen and oxygen atoms in total. The average molecular weight is 302 g/mol. The lowest BCUT2D eigenvalue weighted by Crippen LogP contribution is -2.35. The number of ether oxygens (including phenoxy) is 1. The third-order valence-corrected chi connectivity index (χ3v) is 3.90. The first-order chi connectivity index (χ1) is 10.6. The van der Waals surface area contributed by atoms with Crippen molar-refractivity contribution in [2.75, 3.05) is 13.7 Å². The van der Waals surface area contributed by atoms with E-state index in [9.17, 15) is 9.59 Å². The van der Waals surface area contributed by atoms with Crippen molar-refractivity contribution in [2.45, 2.75) is 31.7 Å². The summed E-state index contributed by atoms with van der Waals surface area (Å²) < 4.78 is 5.23. The molecule has 1 fully saturated rings. The fourth-order valence-electron chi connectivity index (χ4n) is 2.83. The van der Waals surface area contributed by atoms with Gasteiger partial charge in [-0.15, -0.1) is 0 Å². The van der Waals surface area contributed by atoms with E-state index >= 15 is 0 Å². The monoisotopic (exact) mass is 302 g/mol. The molecule has 1 aliphatic rings. The van der Waals surface area contributed by atoms with Crippen molar-refractivity contribution in [3.05, 3.63) is 29.3 Å². The second-order valence-corrected chi connectivity index (χ2v) is 5.27. The number of methoxy groups -OCH3 is 1. The van der Waals surface area contributed by atoms with Gasteiger partial charge >= 0.3 is 6.09 Å². The number of hydrogen-bond acceptors (Lipinski definition) is 4. The minimum absolute atomic E-state index is 0.0390. The number of ketones is 1. The van der Waals surface area contributed by atoms with Crippen LogP contribution in [0.4, 0.5) is 4.79 Å². The second kappa shape index (κ2) is 6.94. The first-order valence-electron chi connectivity index (χ1n) is 7.13. The summed E-state index contributed by atoms with van der Waals surface area (Å²) in [4.78, 5) is 24.5. The van der Waals surface area contributed by atoms with Crippen molar-refractivity contribution >= 4 is 11.9 Å². The van der Waals surface area contributed by atoms with Crippen molar-refractivity contribution in [1.29, 1.82) is 5.26 Å². The molecule has 1 N–H and O–H groups in total. The highest BCUT2D eigenvalue weighted by Gasteiger charge is 2.28. The Labute approximate surface area is 128 Å². The Morgan fingerprint density at radius 1 is 1.50 bits per heavy atom. The van der Waals surface area contributed by atoms with E-state index in [-0.39, 0.29) is 18.2 Å². The van der Waals surface area contributed by atoms with Crippen LogP contribution in [-0.4, -0.2) is 41.6 Å². The van der Waals surface area contributed by atoms with Gasteiger partial charge in [0.2, 0.25) is 0 Å². The molecular formula is C16H18N2O4. The van der Waals surface area contributed by atoms with E-state index in [1.807, 2.05) is 6.07 Å². The summed E-state index contributed by atoms with van der Waals surface area (Å²) in [5.41, 5.74) is 1.30. The second-order valence-electron chi connectivity index (χ2n) is 5.27. The van der Waals surface area contributed by atoms with Gasteiger partial charge in [0.05, 0.1) is 25.2 Å². The maximum absolute atomic E-state index is 11.8. The van der Waals surface area contributed by atoms with Gasteiger partial charge in [0.1, 0.15) is 5.75 Å². The number of carboxylic acid groups (broad SMARTS) is 1. The lowest BCUT2D eigenvalue weighted by Gasteiger charge is -2.21. The molecule has 22 heavy (non-hydrogen) atoms. The van der Waals surface area contributed by atoms with Crippen LogP contribution in [0.5, 0.6) is 5.75 Å². The van der Waals surface area contributed by atoms with Gasteiger partial charge < -0.3 is 14.7 Å². The van der Waals surface area contributed by atoms with Crippen LogP contribution in [0.2, 0.25) is 0 Å². The summed E-state index contributed by atoms with van der Waals surface area (Å²) in [5.74, 6) is 0.150. The van der Waals surface area contributed by atoms with Crippen LogP contribution in [0.25, 0.3) is 0 Å². The van der Waals surface area contributed by atoms with Crippen molar-refractivity contribution in [3.8, 4) is 11.8 Å². The van der Waals surface area contributed by atoms with Crippen LogP contribution in [0, 0.1) is 11.3 Å². The zero-order chi connectivity index (χ0) is 16.1. The minimum Gasteiger partial charge on any atom is -0.496 e. The molecule has 0 unspecified atom stereocenters. The molecular weight excluding hydrogens is 284 g/mol. The van der Waals surface area contributed by atoms with Crippen LogP contribution in [0.3, 0.4) is 0 Å². The van der Waals surface area contributed by atoms with Crippen molar-refractivity contribution < 1.29 is 19.4 Å². The van der Waals surface area contributed by atoms with Gasteiger partial charge in [-0.05, 0) is 37.0 Å². The molecule has 116 valence electrons. The number of amides is 1. The van der Waals surface area contributed by atoms with E-state index in [1.165, 1.54) is 12.0 Å². The molecule has 1 aromatic carbocycles. The quantitative estimate of drug-likeness (QED) is 0.844. The number of hydrogen-bond donors (Lipinski definition) is 1. The highest BCUT2D eigenvalue weighted by molar-refractivity contribution is 5.99. The maximum Gasteiger partial charge on any atom is 0.407 e. The van der Waals surface area contributed by atoms with Gasteiger partial charge in [0.25, 0.3) is 0 Å². The van der Waals surface area contributed by atoms with Crippen LogP contribution < -0.4 is 4.74 Å². The van der Waals surface area contributed by atoms with Gasteiger partial charge in [-0.25, -0.2) is 4.79 Å². The number of carbonyl (C=O) groups is 2. The fourth-order valence-corrected chi connectivity index (χ4v) is 2.83. The van der Waals surface area contributed by atoms with Gasteiger partial charge in [-0.3, -0.25) is 4.79 Å². The number of benzene rings is 1. The van der Waals surface area contributed by atoms with Crippen molar-refractivity contribution in [3.63, 3.8) is 0 Å². The Morgan fingerprint density at radius 2 is 2.27 bits per heavy atom. The molecule has 1 aliphatic heterocycles. The van der Waals surface area contributed by atoms with Gasteiger partial charge in [0, 0.05) is 12.6 Å². The molecule has 0 aliphatic carbocycles. The SMILES string of the molecule is COc1cc(C[C@H]2CCCN2C(=O)O)ccc1C(=O)CC#N. The lowest BCUT2D eigenvalue weighted by molar-refractivity contribution is 0.0994. The van der Waals surface area contributed by atoms with E-state index in [0.29, 0.717) is 24.3 Å². The molecule has 0 radical (unpaired) electrons. The predicted octanol–water partition coefficient (Wildman–Crippen LogP) is 2.48. The highest BCUT2D eigenvalue weighted by Crippen LogP contribution is 2.26. The molecule has 2 rings (SSSR count). The number of likely N-dealkylation sites (tertiary alicyclic amines) is 1. The molecule has 1 heterocycles. The number of nitriles is 1. The summed E-state index contributed by atoms with van der Waals surface area (Å²) in [7, 11) is 1.47. The Balaban J connectivity index is 2.18. The zero-order valence-corrected chi connectivity index (χ0v) is 12.4. The molecule has 0 aromatic heterocycles. The summed E-state index contributed by atoms with van der Waals surface area (Å²) in [6, 6.07) is 6.99. The van der Waals surface area contributed by atoms with Crippen LogP contribution in [0.1, 0.15) is 35.2 Å². The normalized spacial score (nSPS) is 17.1. The summed E-state index contributed by atoms with van der Waals surface area (Å²) in [6.07, 6.45) is 1.21. The standard InChI is InChI=1S/C16H18N2O4/c1-22-15-10-11(4-5-13(15)14(19)6-7-17)9-12-3-2-8-18(12)16(20)21/h4-5,10,12H,2-3,6,8-9H2,1H3,(H,20,21)/t12-/m1/s1. The zero-order valence-electron chi connectivity index (χ0n) is 12.4. The van der Waals surface area contributed by atoms with E-state index in [2.05, 4.69) is 0 Å². The number of nitrogens with zero attached hydrogens (tertiary/aromatic N) is 2. The highest BCUT2D eigenvalue weighted by atomic mass is 16.5. The Bertz CT molecular complexity index is 621. The fraction of sp³-hybridized carbons (Fsp3) is 0.438. The van der Waals surface area contributed by atoms with Gasteiger partial charge in [-0.2, -0.15) is 5.26 Å². The molecule has 1 atom stereocenters. The molecule has 1 aromatic rings. The molecule has 6 heteroatoms. The Kier molecular flexibility index (Phi) is 4.99. The minimum atomic E-state index is -0.893. The molecule has 1 amide bonds. The molecule has 0 saturated carbocycles. The smallest absolute Gasteiger partial charge is 0.407 e. The number of rotatable bonds is 5. The van der Waals surface area contributed by atoms with Crippen molar-refractivity contribution in [2.24, 2.45) is 0 Å². The Morgan fingerprint density at radius 3 is 2.91 bits per heavy atom. The van der Waals surface area contributed by atoms with E-state index in [4.69, 9.17) is 15.1 Å². The number of carbonyl (C=O) groups excluding carboxylic acids is 1. The van der Waals surface area contributed by atoms with E-state index in [0.717, 1.165) is 18.4 Å². The first kappa shape index (κ1) is 15.8. The largest absolute Gasteiger partial charge is 0.496 e. The third-order valence-electron chi connectivity index (χ3n) is 3.90. The molecule has 1 saturated heterocycles. The maximum atomic E-state index is 11.8. The van der Waals surface area contributed by atoms with Crippen LogP contribution in [-0.2, 0) is 6.42 Å². The predicted molar refractivity (Wildman–Crippen MR) is 79.0 cm³/mol. The third kappa shape index (κ3) is 3.37. The molecule has 0 bridgehead atoms. The Hall–Kier alpha value is -2.55. The van der Waals surface area contributed by atoms with Crippen LogP contribution in [0.15, 0.2) is 18.2 Å². The number of Topliss-reactive ketones (excluding diaryl/α,β-unsaturated/α-hetero) is 1. The average Bonchev–Trinajstić information content (AvgIpc) is 2.95. The molecule has 0 spiro atoms. The van der Waals surface area contributed by atoms with Crippen LogP contribution >= 0.6 is 0 Å². The topological polar surface area (TPSA) is 90.6 Å². The summed E-state index contributed by atoms with van der Waals surface area (Å²) in [5, 5.41) is 17.8. The van der Waals surface area contributed by atoms with E-state index < -0.39 is 6.09 Å². The van der Waals surface area contributed by atoms with Gasteiger partial charge in [-0.1, -0.05) is 6.07 Å². The van der Waals surface area contributed by atoms with E-state index in [1.54, 1.807) is 18.2 Å².